The molecule has 28 heavy (non-hydrogen) atoms. The first-order valence-electron chi connectivity index (χ1n) is 9.80. The standard InChI is InChI=1S/C18H25N7O3/c26-17-8-7-16(24-12-19-11-21-24)23-25(17)14-5-3-13(4-6-14)22-18(27)20-10-15-2-1-9-28-15/h7-8,11-15H,1-6,9-10H2,(H2,20,22,27). The smallest absolute Gasteiger partial charge is 0.315 e. The molecule has 10 nitrogen and oxygen atoms in total. The number of aromatic nitrogens is 5. The van der Waals surface area contributed by atoms with Crippen molar-refractivity contribution in [3.05, 3.63) is 35.1 Å². The summed E-state index contributed by atoms with van der Waals surface area (Å²) in [6.45, 7) is 1.33. The summed E-state index contributed by atoms with van der Waals surface area (Å²) < 4.78 is 8.57. The largest absolute Gasteiger partial charge is 0.376 e. The van der Waals surface area contributed by atoms with Crippen LogP contribution in [0.3, 0.4) is 0 Å². The van der Waals surface area contributed by atoms with Crippen molar-refractivity contribution in [2.45, 2.75) is 56.7 Å². The number of carbonyl (C=O) groups is 1. The van der Waals surface area contributed by atoms with Crippen molar-refractivity contribution in [2.75, 3.05) is 13.2 Å². The Labute approximate surface area is 162 Å². The Kier molecular flexibility index (Phi) is 5.65. The SMILES string of the molecule is O=C(NCC1CCCO1)NC1CCC(n2nc(-n3cncn3)ccc2=O)CC1. The molecular weight excluding hydrogens is 362 g/mol. The highest BCUT2D eigenvalue weighted by Crippen LogP contribution is 2.27. The summed E-state index contributed by atoms with van der Waals surface area (Å²) in [6.07, 6.45) is 8.35. The van der Waals surface area contributed by atoms with Gasteiger partial charge in [-0.2, -0.15) is 5.10 Å². The molecule has 0 spiro atoms. The number of hydrogen-bond donors (Lipinski definition) is 2. The van der Waals surface area contributed by atoms with Crippen molar-refractivity contribution in [3.63, 3.8) is 0 Å². The van der Waals surface area contributed by atoms with E-state index in [1.165, 1.54) is 21.8 Å². The lowest BCUT2D eigenvalue weighted by Gasteiger charge is -2.29. The van der Waals surface area contributed by atoms with Gasteiger partial charge in [-0.3, -0.25) is 4.79 Å². The first-order chi connectivity index (χ1) is 13.7. The summed E-state index contributed by atoms with van der Waals surface area (Å²) in [7, 11) is 0. The van der Waals surface area contributed by atoms with Gasteiger partial charge in [-0.1, -0.05) is 0 Å². The van der Waals surface area contributed by atoms with Crippen molar-refractivity contribution in [3.8, 4) is 5.82 Å². The molecule has 1 aliphatic heterocycles. The molecule has 2 N–H and O–H groups in total. The van der Waals surface area contributed by atoms with Crippen molar-refractivity contribution in [2.24, 2.45) is 0 Å². The molecule has 0 bridgehead atoms. The van der Waals surface area contributed by atoms with Gasteiger partial charge in [0.25, 0.3) is 5.56 Å². The molecule has 1 saturated carbocycles. The second-order valence-electron chi connectivity index (χ2n) is 7.31. The van der Waals surface area contributed by atoms with E-state index in [1.807, 2.05) is 0 Å². The van der Waals surface area contributed by atoms with E-state index >= 15 is 0 Å². The number of nitrogens with zero attached hydrogens (tertiary/aromatic N) is 5. The van der Waals surface area contributed by atoms with Crippen molar-refractivity contribution in [1.29, 1.82) is 0 Å². The van der Waals surface area contributed by atoms with E-state index in [0.717, 1.165) is 45.1 Å². The number of carbonyl (C=O) groups excluding carboxylic acids is 1. The third kappa shape index (κ3) is 4.38. The van der Waals surface area contributed by atoms with Gasteiger partial charge in [0.2, 0.25) is 0 Å². The van der Waals surface area contributed by atoms with E-state index in [0.29, 0.717) is 12.4 Å². The lowest BCUT2D eigenvalue weighted by Crippen LogP contribution is -2.46. The Morgan fingerprint density at radius 1 is 1.21 bits per heavy atom. The highest BCUT2D eigenvalue weighted by Gasteiger charge is 2.25. The van der Waals surface area contributed by atoms with Crippen molar-refractivity contribution in [1.82, 2.24) is 35.2 Å². The summed E-state index contributed by atoms with van der Waals surface area (Å²) in [5.41, 5.74) is -0.130. The number of urea groups is 1. The number of ether oxygens (including phenoxy) is 1. The zero-order valence-electron chi connectivity index (χ0n) is 15.7. The summed E-state index contributed by atoms with van der Waals surface area (Å²) in [5.74, 6) is 0.561. The minimum Gasteiger partial charge on any atom is -0.376 e. The third-order valence-electron chi connectivity index (χ3n) is 5.36. The van der Waals surface area contributed by atoms with Gasteiger partial charge in [-0.05, 0) is 44.6 Å². The molecule has 4 rings (SSSR count). The molecule has 0 aromatic carbocycles. The van der Waals surface area contributed by atoms with Gasteiger partial charge < -0.3 is 15.4 Å². The highest BCUT2D eigenvalue weighted by molar-refractivity contribution is 5.74. The van der Waals surface area contributed by atoms with Crippen LogP contribution in [-0.2, 0) is 4.74 Å². The van der Waals surface area contributed by atoms with Crippen LogP contribution in [0, 0.1) is 0 Å². The van der Waals surface area contributed by atoms with Crippen LogP contribution < -0.4 is 16.2 Å². The predicted molar refractivity (Wildman–Crippen MR) is 100 cm³/mol. The number of hydrogen-bond acceptors (Lipinski definition) is 6. The van der Waals surface area contributed by atoms with Gasteiger partial charge >= 0.3 is 6.03 Å². The monoisotopic (exact) mass is 387 g/mol. The van der Waals surface area contributed by atoms with Crippen LogP contribution >= 0.6 is 0 Å². The lowest BCUT2D eigenvalue weighted by atomic mass is 9.91. The molecule has 2 aromatic rings. The summed E-state index contributed by atoms with van der Waals surface area (Å²) in [5, 5.41) is 14.4. The fourth-order valence-electron chi connectivity index (χ4n) is 3.84. The summed E-state index contributed by atoms with van der Waals surface area (Å²) in [4.78, 5) is 28.3. The maximum atomic E-state index is 12.3. The summed E-state index contributed by atoms with van der Waals surface area (Å²) in [6, 6.07) is 3.12. The molecule has 1 atom stereocenters. The van der Waals surface area contributed by atoms with Crippen LogP contribution in [0.25, 0.3) is 5.82 Å². The molecular formula is C18H25N7O3. The van der Waals surface area contributed by atoms with Gasteiger partial charge in [0, 0.05) is 25.3 Å². The van der Waals surface area contributed by atoms with Crippen LogP contribution in [-0.4, -0.2) is 55.9 Å². The first kappa shape index (κ1) is 18.6. The minimum atomic E-state index is -0.151. The van der Waals surface area contributed by atoms with E-state index < -0.39 is 0 Å². The molecule has 1 unspecified atom stereocenters. The fraction of sp³-hybridized carbons (Fsp3) is 0.611. The third-order valence-corrected chi connectivity index (χ3v) is 5.36. The molecule has 2 aliphatic rings. The Hall–Kier alpha value is -2.75. The molecule has 150 valence electrons. The van der Waals surface area contributed by atoms with E-state index in [-0.39, 0.29) is 29.8 Å². The van der Waals surface area contributed by atoms with Crippen molar-refractivity contribution >= 4 is 6.03 Å². The molecule has 2 fully saturated rings. The lowest BCUT2D eigenvalue weighted by molar-refractivity contribution is 0.111. The molecule has 10 heteroatoms. The zero-order valence-corrected chi connectivity index (χ0v) is 15.7. The predicted octanol–water partition coefficient (Wildman–Crippen LogP) is 0.786. The van der Waals surface area contributed by atoms with E-state index in [2.05, 4.69) is 25.8 Å². The molecule has 1 saturated heterocycles. The quantitative estimate of drug-likeness (QED) is 0.783. The second-order valence-corrected chi connectivity index (χ2v) is 7.31. The molecule has 3 heterocycles. The average Bonchev–Trinajstić information content (AvgIpc) is 3.42. The Morgan fingerprint density at radius 2 is 2.07 bits per heavy atom. The van der Waals surface area contributed by atoms with Crippen LogP contribution in [0.4, 0.5) is 4.79 Å². The first-order valence-corrected chi connectivity index (χ1v) is 9.80. The fourth-order valence-corrected chi connectivity index (χ4v) is 3.84. The molecule has 2 aromatic heterocycles. The van der Waals surface area contributed by atoms with Crippen molar-refractivity contribution < 1.29 is 9.53 Å². The van der Waals surface area contributed by atoms with Crippen LogP contribution in [0.1, 0.15) is 44.6 Å². The van der Waals surface area contributed by atoms with Gasteiger partial charge in [0.1, 0.15) is 12.7 Å². The highest BCUT2D eigenvalue weighted by atomic mass is 16.5. The molecule has 1 aliphatic carbocycles. The maximum absolute atomic E-state index is 12.3. The van der Waals surface area contributed by atoms with Crippen LogP contribution in [0.2, 0.25) is 0 Å². The Bertz CT molecular complexity index is 837. The van der Waals surface area contributed by atoms with Gasteiger partial charge in [0.05, 0.1) is 12.1 Å². The van der Waals surface area contributed by atoms with E-state index in [9.17, 15) is 9.59 Å². The summed E-state index contributed by atoms with van der Waals surface area (Å²) >= 11 is 0. The number of rotatable bonds is 5. The minimum absolute atomic E-state index is 0.0176. The average molecular weight is 387 g/mol. The zero-order chi connectivity index (χ0) is 19.3. The number of amides is 2. The Morgan fingerprint density at radius 3 is 2.79 bits per heavy atom. The van der Waals surface area contributed by atoms with Crippen LogP contribution in [0.5, 0.6) is 0 Å². The van der Waals surface area contributed by atoms with Crippen LogP contribution in [0.15, 0.2) is 29.6 Å². The second kappa shape index (κ2) is 8.51. The maximum Gasteiger partial charge on any atom is 0.315 e. The van der Waals surface area contributed by atoms with Gasteiger partial charge in [-0.25, -0.2) is 19.1 Å². The van der Waals surface area contributed by atoms with Gasteiger partial charge in [-0.15, -0.1) is 5.10 Å². The normalized spacial score (nSPS) is 24.8. The Balaban J connectivity index is 1.30. The van der Waals surface area contributed by atoms with E-state index in [1.54, 1.807) is 12.4 Å². The van der Waals surface area contributed by atoms with Gasteiger partial charge in [0.15, 0.2) is 5.82 Å². The molecule has 0 radical (unpaired) electrons. The molecule has 2 amide bonds. The topological polar surface area (TPSA) is 116 Å². The number of nitrogens with one attached hydrogen (secondary N) is 2. The van der Waals surface area contributed by atoms with E-state index in [4.69, 9.17) is 4.74 Å².